The Bertz CT molecular complexity index is 1370. The third-order valence-corrected chi connectivity index (χ3v) is 5.89. The van der Waals surface area contributed by atoms with Gasteiger partial charge in [-0.05, 0) is 64.7 Å². The van der Waals surface area contributed by atoms with Crippen molar-refractivity contribution < 1.29 is 9.59 Å². The number of carbonyl (C=O) groups is 2. The van der Waals surface area contributed by atoms with Gasteiger partial charge in [-0.15, -0.1) is 0 Å². The fourth-order valence-electron chi connectivity index (χ4n) is 3.97. The van der Waals surface area contributed by atoms with Gasteiger partial charge >= 0.3 is 0 Å². The van der Waals surface area contributed by atoms with Crippen LogP contribution in [-0.4, -0.2) is 11.8 Å². The maximum atomic E-state index is 12.8. The van der Waals surface area contributed by atoms with Gasteiger partial charge < -0.3 is 10.6 Å². The van der Waals surface area contributed by atoms with Gasteiger partial charge in [0.25, 0.3) is 11.8 Å². The van der Waals surface area contributed by atoms with Crippen molar-refractivity contribution in [3.05, 3.63) is 145 Å². The summed E-state index contributed by atoms with van der Waals surface area (Å²) in [5.41, 5.74) is 6.62. The highest BCUT2D eigenvalue weighted by Crippen LogP contribution is 2.22. The molecule has 5 rings (SSSR count). The van der Waals surface area contributed by atoms with E-state index in [0.717, 1.165) is 22.3 Å². The van der Waals surface area contributed by atoms with Gasteiger partial charge in [-0.3, -0.25) is 9.59 Å². The minimum atomic E-state index is -0.213. The molecule has 5 aromatic carbocycles. The summed E-state index contributed by atoms with van der Waals surface area (Å²) in [6, 6.07) is 42.1. The molecule has 0 fully saturated rings. The predicted molar refractivity (Wildman–Crippen MR) is 146 cm³/mol. The summed E-state index contributed by atoms with van der Waals surface area (Å²) >= 11 is 0. The van der Waals surface area contributed by atoms with Gasteiger partial charge in [-0.25, -0.2) is 0 Å². The highest BCUT2D eigenvalue weighted by molar-refractivity contribution is 6.06. The molecule has 174 valence electrons. The van der Waals surface area contributed by atoms with Gasteiger partial charge in [0, 0.05) is 22.5 Å². The number of hydrogen-bond donors (Lipinski definition) is 2. The van der Waals surface area contributed by atoms with Crippen molar-refractivity contribution in [1.29, 1.82) is 0 Å². The van der Waals surface area contributed by atoms with Crippen molar-refractivity contribution in [2.45, 2.75) is 0 Å². The highest BCUT2D eigenvalue weighted by Gasteiger charge is 2.10. The van der Waals surface area contributed by atoms with Crippen LogP contribution in [0.5, 0.6) is 0 Å². The summed E-state index contributed by atoms with van der Waals surface area (Å²) < 4.78 is 0. The number of carbonyl (C=O) groups excluding carboxylic acids is 2. The molecule has 0 saturated carbocycles. The number of anilines is 2. The Balaban J connectivity index is 1.23. The van der Waals surface area contributed by atoms with Crippen LogP contribution in [0.1, 0.15) is 20.7 Å². The predicted octanol–water partition coefficient (Wildman–Crippen LogP) is 7.53. The van der Waals surface area contributed by atoms with E-state index in [2.05, 4.69) is 10.6 Å². The Morgan fingerprint density at radius 3 is 1.14 bits per heavy atom. The minimum Gasteiger partial charge on any atom is -0.322 e. The van der Waals surface area contributed by atoms with Crippen molar-refractivity contribution in [1.82, 2.24) is 0 Å². The Morgan fingerprint density at radius 2 is 0.750 bits per heavy atom. The maximum absolute atomic E-state index is 12.8. The molecule has 0 bridgehead atoms. The Labute approximate surface area is 210 Å². The van der Waals surface area contributed by atoms with E-state index >= 15 is 0 Å². The summed E-state index contributed by atoms with van der Waals surface area (Å²) in [5, 5.41) is 5.81. The van der Waals surface area contributed by atoms with E-state index in [4.69, 9.17) is 0 Å². The Hall–Kier alpha value is -4.96. The first-order valence-electron chi connectivity index (χ1n) is 11.7. The van der Waals surface area contributed by atoms with Gasteiger partial charge in [0.05, 0.1) is 0 Å². The van der Waals surface area contributed by atoms with Gasteiger partial charge in [-0.2, -0.15) is 0 Å². The molecule has 0 atom stereocenters. The third kappa shape index (κ3) is 5.40. The van der Waals surface area contributed by atoms with E-state index < -0.39 is 0 Å². The SMILES string of the molecule is O=C(Nc1cccc(NC(=O)c2ccc(-c3ccccc3)cc2)c1)c1ccc(-c2ccccc2)cc1. The molecule has 0 heterocycles. The Kier molecular flexibility index (Phi) is 6.68. The Morgan fingerprint density at radius 1 is 0.389 bits per heavy atom. The number of benzene rings is 5. The number of hydrogen-bond acceptors (Lipinski definition) is 2. The van der Waals surface area contributed by atoms with Gasteiger partial charge in [0.2, 0.25) is 0 Å². The largest absolute Gasteiger partial charge is 0.322 e. The summed E-state index contributed by atoms with van der Waals surface area (Å²) in [6.07, 6.45) is 0. The lowest BCUT2D eigenvalue weighted by molar-refractivity contribution is 0.101. The lowest BCUT2D eigenvalue weighted by Crippen LogP contribution is -2.14. The number of rotatable bonds is 6. The van der Waals surface area contributed by atoms with E-state index in [0.29, 0.717) is 22.5 Å². The van der Waals surface area contributed by atoms with E-state index in [1.165, 1.54) is 0 Å². The van der Waals surface area contributed by atoms with Crippen LogP contribution in [0.4, 0.5) is 11.4 Å². The monoisotopic (exact) mass is 468 g/mol. The average Bonchev–Trinajstić information content (AvgIpc) is 2.94. The normalized spacial score (nSPS) is 10.4. The smallest absolute Gasteiger partial charge is 0.255 e. The molecule has 0 aliphatic rings. The zero-order chi connectivity index (χ0) is 24.7. The van der Waals surface area contributed by atoms with Crippen LogP contribution in [-0.2, 0) is 0 Å². The van der Waals surface area contributed by atoms with E-state index in [9.17, 15) is 9.59 Å². The molecule has 0 radical (unpaired) electrons. The molecule has 0 spiro atoms. The van der Waals surface area contributed by atoms with E-state index in [-0.39, 0.29) is 11.8 Å². The fourth-order valence-corrected chi connectivity index (χ4v) is 3.97. The second kappa shape index (κ2) is 10.5. The molecule has 0 unspecified atom stereocenters. The lowest BCUT2D eigenvalue weighted by atomic mass is 10.0. The molecular weight excluding hydrogens is 444 g/mol. The van der Waals surface area contributed by atoms with E-state index in [1.807, 2.05) is 109 Å². The molecule has 4 nitrogen and oxygen atoms in total. The van der Waals surface area contributed by atoms with E-state index in [1.54, 1.807) is 24.3 Å². The van der Waals surface area contributed by atoms with Crippen LogP contribution in [0.3, 0.4) is 0 Å². The topological polar surface area (TPSA) is 58.2 Å². The number of amides is 2. The van der Waals surface area contributed by atoms with Crippen molar-refractivity contribution in [2.24, 2.45) is 0 Å². The van der Waals surface area contributed by atoms with Gasteiger partial charge in [0.15, 0.2) is 0 Å². The summed E-state index contributed by atoms with van der Waals surface area (Å²) in [4.78, 5) is 25.5. The lowest BCUT2D eigenvalue weighted by Gasteiger charge is -2.10. The fraction of sp³-hybridized carbons (Fsp3) is 0. The minimum absolute atomic E-state index is 0.213. The van der Waals surface area contributed by atoms with Crippen LogP contribution >= 0.6 is 0 Å². The first-order valence-corrected chi connectivity index (χ1v) is 11.7. The zero-order valence-electron chi connectivity index (χ0n) is 19.5. The first-order chi connectivity index (χ1) is 17.7. The average molecular weight is 469 g/mol. The number of nitrogens with one attached hydrogen (secondary N) is 2. The summed E-state index contributed by atoms with van der Waals surface area (Å²) in [7, 11) is 0. The van der Waals surface area contributed by atoms with Crippen LogP contribution in [0.15, 0.2) is 133 Å². The van der Waals surface area contributed by atoms with Crippen LogP contribution in [0.2, 0.25) is 0 Å². The molecule has 5 aromatic rings. The first kappa shape index (κ1) is 22.8. The second-order valence-electron chi connectivity index (χ2n) is 8.38. The zero-order valence-corrected chi connectivity index (χ0v) is 19.5. The third-order valence-electron chi connectivity index (χ3n) is 5.89. The molecule has 0 aromatic heterocycles. The summed E-state index contributed by atoms with van der Waals surface area (Å²) in [6.45, 7) is 0. The van der Waals surface area contributed by atoms with Crippen molar-refractivity contribution in [3.63, 3.8) is 0 Å². The summed E-state index contributed by atoms with van der Waals surface area (Å²) in [5.74, 6) is -0.427. The molecule has 0 aliphatic heterocycles. The highest BCUT2D eigenvalue weighted by atomic mass is 16.2. The maximum Gasteiger partial charge on any atom is 0.255 e. The quantitative estimate of drug-likeness (QED) is 0.271. The van der Waals surface area contributed by atoms with Crippen LogP contribution in [0.25, 0.3) is 22.3 Å². The van der Waals surface area contributed by atoms with Gasteiger partial charge in [-0.1, -0.05) is 91.0 Å². The van der Waals surface area contributed by atoms with Crippen molar-refractivity contribution in [3.8, 4) is 22.3 Å². The molecule has 2 N–H and O–H groups in total. The van der Waals surface area contributed by atoms with Crippen molar-refractivity contribution in [2.75, 3.05) is 10.6 Å². The van der Waals surface area contributed by atoms with Crippen molar-refractivity contribution >= 4 is 23.2 Å². The molecule has 2 amide bonds. The van der Waals surface area contributed by atoms with Crippen LogP contribution < -0.4 is 10.6 Å². The molecule has 36 heavy (non-hydrogen) atoms. The molecule has 0 saturated heterocycles. The molecule has 0 aliphatic carbocycles. The van der Waals surface area contributed by atoms with Gasteiger partial charge in [0.1, 0.15) is 0 Å². The standard InChI is InChI=1S/C32H24N2O2/c35-31(27-18-14-25(15-19-27)23-8-3-1-4-9-23)33-29-12-7-13-30(22-29)34-32(36)28-20-16-26(17-21-28)24-10-5-2-6-11-24/h1-22H,(H,33,35)(H,34,36). The molecule has 4 heteroatoms. The second-order valence-corrected chi connectivity index (χ2v) is 8.38. The molecular formula is C32H24N2O2. The van der Waals surface area contributed by atoms with Crippen LogP contribution in [0, 0.1) is 0 Å².